The van der Waals surface area contributed by atoms with E-state index in [9.17, 15) is 4.79 Å². The van der Waals surface area contributed by atoms with Gasteiger partial charge in [-0.15, -0.1) is 0 Å². The first-order valence-corrected chi connectivity index (χ1v) is 8.04. The van der Waals surface area contributed by atoms with Crippen molar-refractivity contribution in [2.24, 2.45) is 0 Å². The van der Waals surface area contributed by atoms with Crippen molar-refractivity contribution in [1.29, 1.82) is 0 Å². The number of nitrogens with zero attached hydrogens (tertiary/aromatic N) is 3. The number of aromatic nitrogens is 2. The molecule has 25 heavy (non-hydrogen) atoms. The van der Waals surface area contributed by atoms with Crippen LogP contribution in [0.15, 0.2) is 65.7 Å². The summed E-state index contributed by atoms with van der Waals surface area (Å²) in [5, 5.41) is 0. The molecule has 0 unspecified atom stereocenters. The molecule has 0 amide bonds. The van der Waals surface area contributed by atoms with Crippen LogP contribution in [0.4, 0.5) is 5.82 Å². The zero-order valence-corrected chi connectivity index (χ0v) is 14.6. The molecule has 0 saturated heterocycles. The number of pyridine rings is 2. The molecule has 0 aliphatic carbocycles. The van der Waals surface area contributed by atoms with Crippen molar-refractivity contribution in [3.63, 3.8) is 0 Å². The lowest BCUT2D eigenvalue weighted by atomic mass is 10.1. The Bertz CT molecular complexity index is 897. The number of benzene rings is 1. The fourth-order valence-electron chi connectivity index (χ4n) is 2.62. The standard InChI is InChI=1S/C20H21N3O2/c1-22(2)19-11-10-17(13-21-19)16-8-6-15(7-9-16)14-23-12-4-5-18(25-3)20(23)24/h4-13H,14H2,1-3H3. The van der Waals surface area contributed by atoms with Crippen LogP contribution in [0.25, 0.3) is 11.1 Å². The highest BCUT2D eigenvalue weighted by Gasteiger charge is 2.05. The molecule has 2 aromatic heterocycles. The Labute approximate surface area is 147 Å². The van der Waals surface area contributed by atoms with E-state index >= 15 is 0 Å². The molecule has 1 aromatic carbocycles. The average molecular weight is 335 g/mol. The minimum Gasteiger partial charge on any atom is -0.491 e. The van der Waals surface area contributed by atoms with Crippen molar-refractivity contribution in [3.8, 4) is 16.9 Å². The van der Waals surface area contributed by atoms with E-state index in [1.54, 1.807) is 16.8 Å². The van der Waals surface area contributed by atoms with Gasteiger partial charge >= 0.3 is 0 Å². The highest BCUT2D eigenvalue weighted by Crippen LogP contribution is 2.21. The lowest BCUT2D eigenvalue weighted by Crippen LogP contribution is -2.20. The van der Waals surface area contributed by atoms with Crippen molar-refractivity contribution < 1.29 is 4.74 Å². The van der Waals surface area contributed by atoms with Crippen LogP contribution in [-0.4, -0.2) is 30.8 Å². The average Bonchev–Trinajstić information content (AvgIpc) is 2.64. The third-order valence-electron chi connectivity index (χ3n) is 4.05. The second-order valence-corrected chi connectivity index (χ2v) is 6.01. The van der Waals surface area contributed by atoms with Gasteiger partial charge in [-0.3, -0.25) is 4.79 Å². The molecule has 0 fully saturated rings. The number of hydrogen-bond donors (Lipinski definition) is 0. The number of ether oxygens (including phenoxy) is 1. The quantitative estimate of drug-likeness (QED) is 0.719. The van der Waals surface area contributed by atoms with Crippen LogP contribution in [0.5, 0.6) is 5.75 Å². The summed E-state index contributed by atoms with van der Waals surface area (Å²) in [6, 6.07) is 15.7. The molecular formula is C20H21N3O2. The van der Waals surface area contributed by atoms with Gasteiger partial charge in [0.1, 0.15) is 5.82 Å². The Morgan fingerprint density at radius 1 is 1.04 bits per heavy atom. The minimum atomic E-state index is -0.127. The molecular weight excluding hydrogens is 314 g/mol. The van der Waals surface area contributed by atoms with Gasteiger partial charge in [-0.05, 0) is 35.4 Å². The lowest BCUT2D eigenvalue weighted by molar-refractivity contribution is 0.403. The minimum absolute atomic E-state index is 0.127. The predicted octanol–water partition coefficient (Wildman–Crippen LogP) is 3.03. The molecule has 3 aromatic rings. The van der Waals surface area contributed by atoms with Crippen molar-refractivity contribution in [2.75, 3.05) is 26.1 Å². The van der Waals surface area contributed by atoms with Gasteiger partial charge in [0.2, 0.25) is 0 Å². The number of methoxy groups -OCH3 is 1. The summed E-state index contributed by atoms with van der Waals surface area (Å²) in [5.41, 5.74) is 3.09. The number of hydrogen-bond acceptors (Lipinski definition) is 4. The first-order valence-electron chi connectivity index (χ1n) is 8.04. The third kappa shape index (κ3) is 3.71. The molecule has 5 heteroatoms. The summed E-state index contributed by atoms with van der Waals surface area (Å²) in [6.45, 7) is 0.508. The van der Waals surface area contributed by atoms with Crippen LogP contribution in [0, 0.1) is 0 Å². The van der Waals surface area contributed by atoms with Crippen LogP contribution >= 0.6 is 0 Å². The van der Waals surface area contributed by atoms with Crippen LogP contribution in [0.3, 0.4) is 0 Å². The van der Waals surface area contributed by atoms with Crippen LogP contribution in [0.1, 0.15) is 5.56 Å². The first-order chi connectivity index (χ1) is 12.1. The highest BCUT2D eigenvalue weighted by molar-refractivity contribution is 5.64. The molecule has 3 rings (SSSR count). The van der Waals surface area contributed by atoms with Crippen LogP contribution in [-0.2, 0) is 6.54 Å². The van der Waals surface area contributed by atoms with E-state index in [4.69, 9.17) is 4.74 Å². The summed E-state index contributed by atoms with van der Waals surface area (Å²) in [7, 11) is 5.44. The van der Waals surface area contributed by atoms with Gasteiger partial charge in [-0.25, -0.2) is 4.98 Å². The molecule has 0 bridgehead atoms. The first kappa shape index (κ1) is 16.8. The summed E-state index contributed by atoms with van der Waals surface area (Å²) < 4.78 is 6.72. The SMILES string of the molecule is COc1cccn(Cc2ccc(-c3ccc(N(C)C)nc3)cc2)c1=O. The molecule has 0 atom stereocenters. The van der Waals surface area contributed by atoms with E-state index in [0.29, 0.717) is 12.3 Å². The third-order valence-corrected chi connectivity index (χ3v) is 4.05. The molecule has 2 heterocycles. The fraction of sp³-hybridized carbons (Fsp3) is 0.200. The highest BCUT2D eigenvalue weighted by atomic mass is 16.5. The van der Waals surface area contributed by atoms with Gasteiger partial charge in [0, 0.05) is 32.1 Å². The van der Waals surface area contributed by atoms with Crippen molar-refractivity contribution in [1.82, 2.24) is 9.55 Å². The zero-order chi connectivity index (χ0) is 17.8. The van der Waals surface area contributed by atoms with E-state index < -0.39 is 0 Å². The maximum atomic E-state index is 12.2. The largest absolute Gasteiger partial charge is 0.491 e. The Hall–Kier alpha value is -3.08. The topological polar surface area (TPSA) is 47.4 Å². The van der Waals surface area contributed by atoms with Crippen molar-refractivity contribution in [3.05, 3.63) is 76.8 Å². The van der Waals surface area contributed by atoms with Crippen molar-refractivity contribution in [2.45, 2.75) is 6.54 Å². The molecule has 0 spiro atoms. The van der Waals surface area contributed by atoms with E-state index in [-0.39, 0.29) is 5.56 Å². The Balaban J connectivity index is 1.80. The monoisotopic (exact) mass is 335 g/mol. The van der Waals surface area contributed by atoms with Gasteiger partial charge < -0.3 is 14.2 Å². The predicted molar refractivity (Wildman–Crippen MR) is 100 cm³/mol. The van der Waals surface area contributed by atoms with E-state index in [1.807, 2.05) is 61.6 Å². The second kappa shape index (κ2) is 7.21. The summed E-state index contributed by atoms with van der Waals surface area (Å²) in [6.07, 6.45) is 3.64. The normalized spacial score (nSPS) is 10.5. The Morgan fingerprint density at radius 3 is 2.36 bits per heavy atom. The van der Waals surface area contributed by atoms with E-state index in [2.05, 4.69) is 11.1 Å². The summed E-state index contributed by atoms with van der Waals surface area (Å²) in [5.74, 6) is 1.28. The van der Waals surface area contributed by atoms with Crippen LogP contribution < -0.4 is 15.2 Å². The van der Waals surface area contributed by atoms with Gasteiger partial charge in [0.05, 0.1) is 13.7 Å². The van der Waals surface area contributed by atoms with E-state index in [1.165, 1.54) is 7.11 Å². The zero-order valence-electron chi connectivity index (χ0n) is 14.6. The second-order valence-electron chi connectivity index (χ2n) is 6.01. The smallest absolute Gasteiger partial charge is 0.293 e. The fourth-order valence-corrected chi connectivity index (χ4v) is 2.62. The molecule has 0 radical (unpaired) electrons. The van der Waals surface area contributed by atoms with Crippen LogP contribution in [0.2, 0.25) is 0 Å². The molecule has 0 saturated carbocycles. The molecule has 128 valence electrons. The lowest BCUT2D eigenvalue weighted by Gasteiger charge is -2.11. The van der Waals surface area contributed by atoms with Gasteiger partial charge in [-0.2, -0.15) is 0 Å². The number of rotatable bonds is 5. The Kier molecular flexibility index (Phi) is 4.84. The van der Waals surface area contributed by atoms with Gasteiger partial charge in [-0.1, -0.05) is 24.3 Å². The van der Waals surface area contributed by atoms with E-state index in [0.717, 1.165) is 22.5 Å². The summed E-state index contributed by atoms with van der Waals surface area (Å²) in [4.78, 5) is 18.6. The van der Waals surface area contributed by atoms with Gasteiger partial charge in [0.25, 0.3) is 5.56 Å². The molecule has 0 aliphatic heterocycles. The molecule has 0 aliphatic rings. The number of anilines is 1. The summed E-state index contributed by atoms with van der Waals surface area (Å²) >= 11 is 0. The Morgan fingerprint density at radius 2 is 1.76 bits per heavy atom. The molecule has 0 N–H and O–H groups in total. The maximum absolute atomic E-state index is 12.2. The van der Waals surface area contributed by atoms with Crippen molar-refractivity contribution >= 4 is 5.82 Å². The van der Waals surface area contributed by atoms with Gasteiger partial charge in [0.15, 0.2) is 5.75 Å². The molecule has 5 nitrogen and oxygen atoms in total. The maximum Gasteiger partial charge on any atom is 0.293 e.